The molecule has 1 aliphatic heterocycles. The third-order valence-electron chi connectivity index (χ3n) is 8.45. The third-order valence-corrected chi connectivity index (χ3v) is 8.45. The van der Waals surface area contributed by atoms with Gasteiger partial charge in [-0.25, -0.2) is 9.97 Å². The first-order valence-corrected chi connectivity index (χ1v) is 14.3. The summed E-state index contributed by atoms with van der Waals surface area (Å²) in [6.45, 7) is 6.90. The SMILES string of the molecule is CO[C@H](C)c1cc(N(C)CCn2ccnc2C)cn2cc(C(=O)N3CCC(Cc4ccccc4CN)[C@H](O)C3)nc12. The maximum absolute atomic E-state index is 13.6. The van der Waals surface area contributed by atoms with Crippen LogP contribution in [0, 0.1) is 12.8 Å². The number of likely N-dealkylation sites (tertiary alicyclic amines) is 1. The van der Waals surface area contributed by atoms with Gasteiger partial charge in [0.25, 0.3) is 5.91 Å². The molecule has 3 atom stereocenters. The highest BCUT2D eigenvalue weighted by atomic mass is 16.5. The zero-order chi connectivity index (χ0) is 29.1. The summed E-state index contributed by atoms with van der Waals surface area (Å²) in [4.78, 5) is 26.5. The minimum atomic E-state index is -0.612. The van der Waals surface area contributed by atoms with E-state index in [1.54, 1.807) is 18.2 Å². The lowest BCUT2D eigenvalue weighted by Gasteiger charge is -2.36. The van der Waals surface area contributed by atoms with E-state index in [9.17, 15) is 9.90 Å². The molecule has 1 unspecified atom stereocenters. The molecule has 1 aliphatic rings. The van der Waals surface area contributed by atoms with E-state index >= 15 is 0 Å². The summed E-state index contributed by atoms with van der Waals surface area (Å²) < 4.78 is 9.71. The number of benzene rings is 1. The second kappa shape index (κ2) is 12.4. The molecule has 41 heavy (non-hydrogen) atoms. The first kappa shape index (κ1) is 28.8. The Balaban J connectivity index is 1.33. The van der Waals surface area contributed by atoms with Gasteiger partial charge in [0.1, 0.15) is 17.2 Å². The van der Waals surface area contributed by atoms with Crippen molar-refractivity contribution >= 4 is 17.2 Å². The average molecular weight is 560 g/mol. The second-order valence-electron chi connectivity index (χ2n) is 11.0. The number of carbonyl (C=O) groups excluding carboxylic acids is 1. The molecule has 3 aromatic heterocycles. The van der Waals surface area contributed by atoms with Crippen LogP contribution in [0.25, 0.3) is 5.65 Å². The number of fused-ring (bicyclic) bond motifs is 1. The van der Waals surface area contributed by atoms with E-state index in [0.29, 0.717) is 24.4 Å². The lowest BCUT2D eigenvalue weighted by atomic mass is 9.86. The Labute approximate surface area is 241 Å². The number of pyridine rings is 1. The van der Waals surface area contributed by atoms with Gasteiger partial charge in [0.2, 0.25) is 0 Å². The number of β-amino-alcohol motifs (C(OH)–C–C–N with tert-alkyl or cyclic N) is 1. The summed E-state index contributed by atoms with van der Waals surface area (Å²) in [5, 5.41) is 11.0. The maximum Gasteiger partial charge on any atom is 0.274 e. The van der Waals surface area contributed by atoms with Crippen LogP contribution in [0.3, 0.4) is 0 Å². The first-order chi connectivity index (χ1) is 19.8. The molecule has 5 rings (SSSR count). The number of likely N-dealkylation sites (N-methyl/N-ethyl adjacent to an activating group) is 1. The van der Waals surface area contributed by atoms with Crippen LogP contribution in [-0.2, 0) is 24.2 Å². The van der Waals surface area contributed by atoms with Crippen LogP contribution in [0.4, 0.5) is 5.69 Å². The number of aliphatic hydroxyl groups excluding tert-OH is 1. The van der Waals surface area contributed by atoms with Crippen LogP contribution in [0.5, 0.6) is 0 Å². The van der Waals surface area contributed by atoms with Crippen molar-refractivity contribution in [1.82, 2.24) is 23.8 Å². The maximum atomic E-state index is 13.6. The number of ether oxygens (including phenoxy) is 1. The Hall–Kier alpha value is -3.73. The van der Waals surface area contributed by atoms with Crippen molar-refractivity contribution in [1.29, 1.82) is 0 Å². The summed E-state index contributed by atoms with van der Waals surface area (Å²) in [5.74, 6) is 0.885. The van der Waals surface area contributed by atoms with Crippen LogP contribution in [0.15, 0.2) is 55.1 Å². The fourth-order valence-electron chi connectivity index (χ4n) is 5.68. The number of rotatable bonds is 10. The number of methoxy groups -OCH3 is 1. The molecule has 1 amide bonds. The number of imidazole rings is 2. The number of aromatic nitrogens is 4. The minimum absolute atomic E-state index is 0.0752. The first-order valence-electron chi connectivity index (χ1n) is 14.3. The van der Waals surface area contributed by atoms with Gasteiger partial charge >= 0.3 is 0 Å². The van der Waals surface area contributed by atoms with Crippen LogP contribution < -0.4 is 10.6 Å². The molecule has 4 aromatic rings. The number of aliphatic hydroxyl groups is 1. The van der Waals surface area contributed by atoms with Gasteiger partial charge in [-0.05, 0) is 49.8 Å². The Morgan fingerprint density at radius 1 is 1.27 bits per heavy atom. The van der Waals surface area contributed by atoms with E-state index < -0.39 is 6.10 Å². The number of hydrogen-bond acceptors (Lipinski definition) is 7. The molecule has 218 valence electrons. The van der Waals surface area contributed by atoms with Gasteiger partial charge in [-0.3, -0.25) is 4.79 Å². The quantitative estimate of drug-likeness (QED) is 0.307. The molecular formula is C31H41N7O3. The molecule has 1 saturated heterocycles. The highest BCUT2D eigenvalue weighted by Crippen LogP contribution is 2.28. The molecule has 10 heteroatoms. The predicted molar refractivity (Wildman–Crippen MR) is 159 cm³/mol. The molecule has 0 saturated carbocycles. The van der Waals surface area contributed by atoms with Gasteiger partial charge in [0, 0.05) is 77.2 Å². The molecule has 0 bridgehead atoms. The lowest BCUT2D eigenvalue weighted by Crippen LogP contribution is -2.47. The molecule has 0 radical (unpaired) electrons. The Bertz CT molecular complexity index is 1500. The number of piperidine rings is 1. The second-order valence-corrected chi connectivity index (χ2v) is 11.0. The third kappa shape index (κ3) is 6.14. The molecule has 0 aliphatic carbocycles. The van der Waals surface area contributed by atoms with Gasteiger partial charge in [-0.15, -0.1) is 0 Å². The Morgan fingerprint density at radius 3 is 2.73 bits per heavy atom. The molecular weight excluding hydrogens is 518 g/mol. The number of nitrogens with two attached hydrogens (primary N) is 1. The number of amides is 1. The number of anilines is 1. The van der Waals surface area contributed by atoms with E-state index in [1.807, 2.05) is 55.0 Å². The molecule has 3 N–H and O–H groups in total. The van der Waals surface area contributed by atoms with Crippen molar-refractivity contribution in [3.05, 3.63) is 83.3 Å². The van der Waals surface area contributed by atoms with E-state index in [-0.39, 0.29) is 24.5 Å². The fraction of sp³-hybridized carbons (Fsp3) is 0.452. The van der Waals surface area contributed by atoms with Gasteiger partial charge < -0.3 is 34.3 Å². The van der Waals surface area contributed by atoms with Crippen LogP contribution in [0.1, 0.15) is 52.5 Å². The lowest BCUT2D eigenvalue weighted by molar-refractivity contribution is 0.0194. The summed E-state index contributed by atoms with van der Waals surface area (Å²) in [6, 6.07) is 10.2. The van der Waals surface area contributed by atoms with Gasteiger partial charge in [0.05, 0.1) is 17.9 Å². The number of carbonyl (C=O) groups is 1. The van der Waals surface area contributed by atoms with Crippen LogP contribution >= 0.6 is 0 Å². The minimum Gasteiger partial charge on any atom is -0.391 e. The number of aryl methyl sites for hydroxylation is 1. The molecule has 4 heterocycles. The Morgan fingerprint density at radius 2 is 2.05 bits per heavy atom. The van der Waals surface area contributed by atoms with Crippen LogP contribution in [-0.4, -0.2) is 74.7 Å². The molecule has 1 aromatic carbocycles. The van der Waals surface area contributed by atoms with Crippen molar-refractivity contribution in [2.45, 2.75) is 52.0 Å². The van der Waals surface area contributed by atoms with Crippen LogP contribution in [0.2, 0.25) is 0 Å². The number of hydrogen-bond donors (Lipinski definition) is 2. The van der Waals surface area contributed by atoms with E-state index in [2.05, 4.69) is 33.6 Å². The summed E-state index contributed by atoms with van der Waals surface area (Å²) in [5.41, 5.74) is 11.1. The van der Waals surface area contributed by atoms with E-state index in [4.69, 9.17) is 15.5 Å². The largest absolute Gasteiger partial charge is 0.391 e. The molecule has 0 spiro atoms. The van der Waals surface area contributed by atoms with Crippen molar-refractivity contribution in [2.24, 2.45) is 11.7 Å². The molecule has 10 nitrogen and oxygen atoms in total. The van der Waals surface area contributed by atoms with Crippen molar-refractivity contribution < 1.29 is 14.6 Å². The van der Waals surface area contributed by atoms with Gasteiger partial charge in [0.15, 0.2) is 0 Å². The van der Waals surface area contributed by atoms with Crippen molar-refractivity contribution in [2.75, 3.05) is 38.7 Å². The highest BCUT2D eigenvalue weighted by Gasteiger charge is 2.32. The van der Waals surface area contributed by atoms with Gasteiger partial charge in [-0.1, -0.05) is 24.3 Å². The van der Waals surface area contributed by atoms with Crippen molar-refractivity contribution in [3.63, 3.8) is 0 Å². The normalized spacial score (nSPS) is 18.1. The smallest absolute Gasteiger partial charge is 0.274 e. The summed E-state index contributed by atoms with van der Waals surface area (Å²) in [7, 11) is 3.72. The van der Waals surface area contributed by atoms with E-state index in [1.165, 1.54) is 5.56 Å². The molecule has 1 fully saturated rings. The topological polar surface area (TPSA) is 114 Å². The Kier molecular flexibility index (Phi) is 8.72. The highest BCUT2D eigenvalue weighted by molar-refractivity contribution is 5.93. The summed E-state index contributed by atoms with van der Waals surface area (Å²) >= 11 is 0. The average Bonchev–Trinajstić information content (AvgIpc) is 3.61. The van der Waals surface area contributed by atoms with Gasteiger partial charge in [-0.2, -0.15) is 0 Å². The predicted octanol–water partition coefficient (Wildman–Crippen LogP) is 3.21. The monoisotopic (exact) mass is 559 g/mol. The van der Waals surface area contributed by atoms with Crippen molar-refractivity contribution in [3.8, 4) is 0 Å². The zero-order valence-corrected chi connectivity index (χ0v) is 24.4. The summed E-state index contributed by atoms with van der Waals surface area (Å²) in [6.07, 6.45) is 8.23. The fourth-order valence-corrected chi connectivity index (χ4v) is 5.68. The number of nitrogens with zero attached hydrogens (tertiary/aromatic N) is 6. The standard InChI is InChI=1S/C31H41N7O3/c1-21(41-4)27-16-26(35(3)13-14-36-12-10-33-22(36)2)18-38-19-28(34-30(27)38)31(40)37-11-9-24(29(39)20-37)15-23-7-5-6-8-25(23)17-32/h5-8,10,12,16,18-19,21,24,29,39H,9,11,13-15,17,20,32H2,1-4H3/t21-,24?,29-/m1/s1. The zero-order valence-electron chi connectivity index (χ0n) is 24.4. The van der Waals surface area contributed by atoms with E-state index in [0.717, 1.165) is 48.6 Å².